The zero-order valence-corrected chi connectivity index (χ0v) is 11.4. The van der Waals surface area contributed by atoms with Gasteiger partial charge in [0.1, 0.15) is 6.54 Å². The Morgan fingerprint density at radius 2 is 2.00 bits per heavy atom. The number of rotatable bonds is 9. The minimum Gasteiger partial charge on any atom is -0.480 e. The number of carbonyl (C=O) groups is 2. The molecule has 0 heterocycles. The Kier molecular flexibility index (Phi) is 8.32. The van der Waals surface area contributed by atoms with Gasteiger partial charge in [0, 0.05) is 20.3 Å². The van der Waals surface area contributed by atoms with Crippen LogP contribution in [0, 0.1) is 5.92 Å². The van der Waals surface area contributed by atoms with E-state index in [0.717, 1.165) is 0 Å². The van der Waals surface area contributed by atoms with Crippen molar-refractivity contribution >= 4 is 11.9 Å². The summed E-state index contributed by atoms with van der Waals surface area (Å²) in [4.78, 5) is 24.0. The number of carbonyl (C=O) groups excluding carboxylic acids is 1. The van der Waals surface area contributed by atoms with Crippen LogP contribution >= 0.6 is 0 Å². The molecule has 0 aliphatic heterocycles. The highest BCUT2D eigenvalue weighted by Gasteiger charge is 2.23. The molecule has 0 spiro atoms. The van der Waals surface area contributed by atoms with Gasteiger partial charge in [-0.25, -0.2) is 0 Å². The van der Waals surface area contributed by atoms with E-state index < -0.39 is 12.0 Å². The number of methoxy groups -OCH3 is 1. The van der Waals surface area contributed by atoms with E-state index in [0.29, 0.717) is 26.0 Å². The fraction of sp³-hybridized carbons (Fsp3) is 0.833. The average Bonchev–Trinajstić information content (AvgIpc) is 2.26. The van der Waals surface area contributed by atoms with Gasteiger partial charge >= 0.3 is 5.97 Å². The fourth-order valence-corrected chi connectivity index (χ4v) is 1.64. The van der Waals surface area contributed by atoms with Gasteiger partial charge in [-0.15, -0.1) is 0 Å². The lowest BCUT2D eigenvalue weighted by Gasteiger charge is -2.25. The topological polar surface area (TPSA) is 92.9 Å². The van der Waals surface area contributed by atoms with Crippen LogP contribution in [0.5, 0.6) is 0 Å². The smallest absolute Gasteiger partial charge is 0.323 e. The van der Waals surface area contributed by atoms with Crippen LogP contribution in [-0.2, 0) is 14.3 Å². The van der Waals surface area contributed by atoms with Gasteiger partial charge in [0.2, 0.25) is 5.91 Å². The first-order chi connectivity index (χ1) is 8.38. The van der Waals surface area contributed by atoms with Crippen LogP contribution in [0.25, 0.3) is 0 Å². The zero-order valence-electron chi connectivity index (χ0n) is 11.4. The molecule has 1 unspecified atom stereocenters. The van der Waals surface area contributed by atoms with E-state index in [1.807, 2.05) is 13.8 Å². The molecule has 6 heteroatoms. The third-order valence-electron chi connectivity index (χ3n) is 2.40. The summed E-state index contributed by atoms with van der Waals surface area (Å²) in [5, 5.41) is 8.79. The lowest BCUT2D eigenvalue weighted by molar-refractivity contribution is -0.145. The Morgan fingerprint density at radius 1 is 1.39 bits per heavy atom. The van der Waals surface area contributed by atoms with Crippen LogP contribution < -0.4 is 5.73 Å². The van der Waals surface area contributed by atoms with Crippen molar-refractivity contribution in [2.75, 3.05) is 26.8 Å². The van der Waals surface area contributed by atoms with Crippen molar-refractivity contribution < 1.29 is 19.4 Å². The third-order valence-corrected chi connectivity index (χ3v) is 2.40. The second kappa shape index (κ2) is 8.88. The molecule has 106 valence electrons. The van der Waals surface area contributed by atoms with Crippen molar-refractivity contribution in [3.8, 4) is 0 Å². The highest BCUT2D eigenvalue weighted by atomic mass is 16.5. The maximum atomic E-state index is 12.0. The molecule has 0 aliphatic rings. The molecular formula is C12H24N2O4. The SMILES string of the molecule is COCCCC(N)C(=O)N(CC(=O)O)CC(C)C. The Morgan fingerprint density at radius 3 is 2.44 bits per heavy atom. The quantitative estimate of drug-likeness (QED) is 0.582. The molecule has 0 saturated heterocycles. The Balaban J connectivity index is 4.38. The van der Waals surface area contributed by atoms with Gasteiger partial charge < -0.3 is 20.5 Å². The summed E-state index contributed by atoms with van der Waals surface area (Å²) >= 11 is 0. The van der Waals surface area contributed by atoms with Crippen molar-refractivity contribution in [2.45, 2.75) is 32.7 Å². The summed E-state index contributed by atoms with van der Waals surface area (Å²) in [5.41, 5.74) is 5.77. The largest absolute Gasteiger partial charge is 0.480 e. The first-order valence-corrected chi connectivity index (χ1v) is 6.13. The molecule has 0 aromatic rings. The molecule has 18 heavy (non-hydrogen) atoms. The number of carboxylic acids is 1. The molecule has 0 aliphatic carbocycles. The summed E-state index contributed by atoms with van der Waals surface area (Å²) in [6.07, 6.45) is 1.19. The second-order valence-corrected chi connectivity index (χ2v) is 4.75. The van der Waals surface area contributed by atoms with E-state index in [-0.39, 0.29) is 18.4 Å². The van der Waals surface area contributed by atoms with E-state index in [1.165, 1.54) is 4.90 Å². The molecule has 0 radical (unpaired) electrons. The highest BCUT2D eigenvalue weighted by molar-refractivity contribution is 5.85. The first kappa shape index (κ1) is 16.9. The van der Waals surface area contributed by atoms with Crippen LogP contribution in [0.4, 0.5) is 0 Å². The highest BCUT2D eigenvalue weighted by Crippen LogP contribution is 2.04. The van der Waals surface area contributed by atoms with E-state index in [4.69, 9.17) is 15.6 Å². The summed E-state index contributed by atoms with van der Waals surface area (Å²) in [5.74, 6) is -1.12. The minimum absolute atomic E-state index is 0.208. The third kappa shape index (κ3) is 7.24. The van der Waals surface area contributed by atoms with Crippen molar-refractivity contribution in [2.24, 2.45) is 11.7 Å². The zero-order chi connectivity index (χ0) is 14.1. The van der Waals surface area contributed by atoms with Gasteiger partial charge in [0.15, 0.2) is 0 Å². The van der Waals surface area contributed by atoms with Gasteiger partial charge in [0.05, 0.1) is 6.04 Å². The number of hydrogen-bond acceptors (Lipinski definition) is 4. The summed E-state index contributed by atoms with van der Waals surface area (Å²) in [6, 6.07) is -0.654. The summed E-state index contributed by atoms with van der Waals surface area (Å²) < 4.78 is 4.89. The molecule has 0 aromatic heterocycles. The van der Waals surface area contributed by atoms with Crippen molar-refractivity contribution in [3.05, 3.63) is 0 Å². The van der Waals surface area contributed by atoms with E-state index >= 15 is 0 Å². The monoisotopic (exact) mass is 260 g/mol. The molecule has 3 N–H and O–H groups in total. The number of carboxylic acid groups (broad SMARTS) is 1. The number of aliphatic carboxylic acids is 1. The molecule has 0 rings (SSSR count). The molecule has 1 atom stereocenters. The molecule has 0 fully saturated rings. The van der Waals surface area contributed by atoms with Crippen LogP contribution in [0.2, 0.25) is 0 Å². The fourth-order valence-electron chi connectivity index (χ4n) is 1.64. The maximum absolute atomic E-state index is 12.0. The van der Waals surface area contributed by atoms with Gasteiger partial charge in [-0.1, -0.05) is 13.8 Å². The predicted molar refractivity (Wildman–Crippen MR) is 68.1 cm³/mol. The molecule has 0 bridgehead atoms. The first-order valence-electron chi connectivity index (χ1n) is 6.13. The van der Waals surface area contributed by atoms with E-state index in [9.17, 15) is 9.59 Å². The van der Waals surface area contributed by atoms with E-state index in [1.54, 1.807) is 7.11 Å². The molecule has 0 aromatic carbocycles. The van der Waals surface area contributed by atoms with Crippen molar-refractivity contribution in [3.63, 3.8) is 0 Å². The van der Waals surface area contributed by atoms with Crippen molar-refractivity contribution in [1.82, 2.24) is 4.90 Å². The Labute approximate surface area is 108 Å². The minimum atomic E-state index is -1.02. The standard InChI is InChI=1S/C12H24N2O4/c1-9(2)7-14(8-11(15)16)12(17)10(13)5-4-6-18-3/h9-10H,4-8,13H2,1-3H3,(H,15,16). The maximum Gasteiger partial charge on any atom is 0.323 e. The Hall–Kier alpha value is -1.14. The number of hydrogen-bond donors (Lipinski definition) is 2. The van der Waals surface area contributed by atoms with Gasteiger partial charge in [0.25, 0.3) is 0 Å². The second-order valence-electron chi connectivity index (χ2n) is 4.75. The Bertz CT molecular complexity index is 269. The van der Waals surface area contributed by atoms with E-state index in [2.05, 4.69) is 0 Å². The molecular weight excluding hydrogens is 236 g/mol. The number of amides is 1. The average molecular weight is 260 g/mol. The molecule has 0 saturated carbocycles. The number of ether oxygens (including phenoxy) is 1. The van der Waals surface area contributed by atoms with Crippen LogP contribution in [-0.4, -0.2) is 54.7 Å². The normalized spacial score (nSPS) is 12.5. The number of nitrogens with zero attached hydrogens (tertiary/aromatic N) is 1. The number of nitrogens with two attached hydrogens (primary N) is 1. The van der Waals surface area contributed by atoms with Crippen molar-refractivity contribution in [1.29, 1.82) is 0 Å². The summed E-state index contributed by atoms with van der Waals surface area (Å²) in [7, 11) is 1.59. The van der Waals surface area contributed by atoms with Gasteiger partial charge in [-0.2, -0.15) is 0 Å². The van der Waals surface area contributed by atoms with Crippen LogP contribution in [0.1, 0.15) is 26.7 Å². The molecule has 6 nitrogen and oxygen atoms in total. The molecule has 1 amide bonds. The summed E-state index contributed by atoms with van der Waals surface area (Å²) in [6.45, 7) is 4.51. The lowest BCUT2D eigenvalue weighted by atomic mass is 10.1. The lowest BCUT2D eigenvalue weighted by Crippen LogP contribution is -2.47. The predicted octanol–water partition coefficient (Wildman–Crippen LogP) is 0.310. The van der Waals surface area contributed by atoms with Gasteiger partial charge in [-0.05, 0) is 18.8 Å². The van der Waals surface area contributed by atoms with Gasteiger partial charge in [-0.3, -0.25) is 9.59 Å². The van der Waals surface area contributed by atoms with Crippen LogP contribution in [0.15, 0.2) is 0 Å². The van der Waals surface area contributed by atoms with Crippen LogP contribution in [0.3, 0.4) is 0 Å².